The van der Waals surface area contributed by atoms with Crippen LogP contribution in [0.3, 0.4) is 0 Å². The molecule has 10 heterocycles. The maximum atomic E-state index is 12.7. The van der Waals surface area contributed by atoms with Crippen LogP contribution in [0.25, 0.3) is 64.8 Å². The maximum Gasteiger partial charge on any atom is 2.00 e. The predicted molar refractivity (Wildman–Crippen MR) is 255 cm³/mol. The van der Waals surface area contributed by atoms with Gasteiger partial charge in [0.1, 0.15) is 43.6 Å². The van der Waals surface area contributed by atoms with E-state index in [1.165, 1.54) is 53.7 Å². The minimum atomic E-state index is -4.50. The first-order valence-electron chi connectivity index (χ1n) is 21.5. The molecule has 2 aliphatic rings. The van der Waals surface area contributed by atoms with Gasteiger partial charge in [0, 0.05) is 47.0 Å². The van der Waals surface area contributed by atoms with Crippen molar-refractivity contribution < 1.29 is 70.7 Å². The number of unbranched alkanes of at least 4 members (excludes halogenated alkanes) is 3. The first-order chi connectivity index (χ1) is 34.2. The summed E-state index contributed by atoms with van der Waals surface area (Å²) in [5.41, 5.74) is 4.38. The fraction of sp³-hybridized carbons (Fsp3) is 0.224. The van der Waals surface area contributed by atoms with Crippen molar-refractivity contribution in [2.24, 2.45) is 0 Å². The third kappa shape index (κ3) is 12.1. The first kappa shape index (κ1) is 51.8. The van der Waals surface area contributed by atoms with Crippen molar-refractivity contribution >= 4 is 47.0 Å². The molecule has 0 aliphatic carbocycles. The zero-order valence-corrected chi connectivity index (χ0v) is 41.5. The largest absolute Gasteiger partial charge is 2.00 e. The third-order valence-electron chi connectivity index (χ3n) is 10.5. The molecule has 0 spiro atoms. The standard InChI is InChI=1S/C29H19N3O8S2.C19H19F3N3S.CN.Ru/c33-14-39-17-2-4-31-20(10-17)22-12-18(40-15-34)11-21(32-22)19-9-16(1-3-30-19)27-25-26(38-8-7-37-25)29(42-27)28-24-23(13-41-28)35-5-6-36-24;1-2-3-4-5-6-13-8-10-26-18(13)14-7-9-23-15(11-14)16-12-17(25-24-16)19(20,21)22;1-2;/h1-4,9-15H,5-8H2;7-12H,2-6H2,1H3;;/q;2*-1;+2. The Morgan fingerprint density at radius 2 is 1.30 bits per heavy atom. The van der Waals surface area contributed by atoms with Crippen molar-refractivity contribution in [2.75, 3.05) is 26.4 Å². The fourth-order valence-corrected chi connectivity index (χ4v) is 10.6. The summed E-state index contributed by atoms with van der Waals surface area (Å²) in [6.45, 7) is 9.45. The number of thiophene rings is 3. The van der Waals surface area contributed by atoms with Gasteiger partial charge < -0.3 is 50.5 Å². The van der Waals surface area contributed by atoms with Crippen molar-refractivity contribution in [1.29, 1.82) is 5.26 Å². The van der Waals surface area contributed by atoms with Gasteiger partial charge in [-0.1, -0.05) is 31.9 Å². The number of fused-ring (bicyclic) bond motifs is 2. The van der Waals surface area contributed by atoms with Gasteiger partial charge >= 0.3 is 25.7 Å². The molecule has 2 aliphatic heterocycles. The van der Waals surface area contributed by atoms with Gasteiger partial charge in [0.2, 0.25) is 0 Å². The minimum absolute atomic E-state index is 0. The van der Waals surface area contributed by atoms with E-state index in [-0.39, 0.29) is 30.9 Å². The Balaban J connectivity index is 0.000000221. The monoisotopic (exact) mass is 1110 g/mol. The molecule has 0 amide bonds. The number of alkyl halides is 3. The second kappa shape index (κ2) is 24.2. The third-order valence-corrected chi connectivity index (χ3v) is 13.8. The van der Waals surface area contributed by atoms with Crippen LogP contribution in [0.1, 0.15) is 43.9 Å². The van der Waals surface area contributed by atoms with E-state index in [1.54, 1.807) is 54.1 Å². The number of carbonyl (C=O) groups excluding carboxylic acids is 2. The second-order valence-corrected chi connectivity index (χ2v) is 17.8. The predicted octanol–water partition coefficient (Wildman–Crippen LogP) is 11.3. The molecule has 22 heteroatoms. The summed E-state index contributed by atoms with van der Waals surface area (Å²) < 4.78 is 72.2. The van der Waals surface area contributed by atoms with E-state index < -0.39 is 11.9 Å². The van der Waals surface area contributed by atoms with E-state index in [9.17, 15) is 22.8 Å². The molecule has 15 nitrogen and oxygen atoms in total. The van der Waals surface area contributed by atoms with Crippen LogP contribution < -0.4 is 33.5 Å². The summed E-state index contributed by atoms with van der Waals surface area (Å²) in [5.74, 6) is 3.31. The molecular formula is C49H38F3N7O8RuS3. The Labute approximate surface area is 429 Å². The SMILES string of the molecule is CCCCCCc1ccsc1-c1ccnc(-c2cc(C(F)(F)F)n[n-]2)c1.O=COc1ccnc(-c2cc(OC=O)cc(-c3cc(-c4sc(-c5scc6c5OCCO6)c5c4OCCO5)ccn3)n2)c1.[C-]#N.[Ru+2]. The van der Waals surface area contributed by atoms with Crippen LogP contribution in [0.2, 0.25) is 0 Å². The number of carbonyl (C=O) groups is 2. The summed E-state index contributed by atoms with van der Waals surface area (Å²) in [5, 5.41) is 17.1. The van der Waals surface area contributed by atoms with Crippen molar-refractivity contribution in [3.8, 4) is 99.3 Å². The topological polar surface area (TPSA) is 192 Å². The van der Waals surface area contributed by atoms with Crippen LogP contribution in [0.5, 0.6) is 34.5 Å². The number of rotatable bonds is 15. The van der Waals surface area contributed by atoms with Crippen LogP contribution in [-0.2, 0) is 41.7 Å². The van der Waals surface area contributed by atoms with Gasteiger partial charge in [0.25, 0.3) is 12.9 Å². The van der Waals surface area contributed by atoms with Gasteiger partial charge in [-0.25, -0.2) is 4.98 Å². The van der Waals surface area contributed by atoms with Gasteiger partial charge in [-0.3, -0.25) is 24.5 Å². The molecule has 0 saturated heterocycles. The summed E-state index contributed by atoms with van der Waals surface area (Å²) in [4.78, 5) is 43.6. The number of aryl methyl sites for hydroxylation is 1. The van der Waals surface area contributed by atoms with E-state index in [1.807, 2.05) is 23.6 Å². The number of ether oxygens (including phenoxy) is 6. The molecule has 8 aromatic rings. The molecule has 10 rings (SSSR count). The molecule has 0 fully saturated rings. The normalized spacial score (nSPS) is 12.3. The zero-order chi connectivity index (χ0) is 49.0. The molecule has 0 saturated carbocycles. The molecule has 0 unspecified atom stereocenters. The van der Waals surface area contributed by atoms with Crippen molar-refractivity contribution in [1.82, 2.24) is 30.1 Å². The molecule has 364 valence electrons. The molecule has 0 N–H and O–H groups in total. The summed E-state index contributed by atoms with van der Waals surface area (Å²) in [6, 6.07) is 16.8. The van der Waals surface area contributed by atoms with Crippen molar-refractivity contribution in [3.63, 3.8) is 0 Å². The summed E-state index contributed by atoms with van der Waals surface area (Å²) in [6.07, 6.45) is 6.05. The number of pyridine rings is 4. The van der Waals surface area contributed by atoms with Crippen molar-refractivity contribution in [2.45, 2.75) is 45.2 Å². The molecule has 0 aromatic carbocycles. The zero-order valence-electron chi connectivity index (χ0n) is 37.3. The second-order valence-electron chi connectivity index (χ2n) is 15.0. The Hall–Kier alpha value is -7.05. The van der Waals surface area contributed by atoms with Crippen LogP contribution in [0, 0.1) is 11.8 Å². The number of hydrogen-bond acceptors (Lipinski definition) is 17. The minimum Gasteiger partial charge on any atom is -0.573 e. The quantitative estimate of drug-likeness (QED) is 0.0407. The van der Waals surface area contributed by atoms with Crippen LogP contribution in [0.15, 0.2) is 90.0 Å². The van der Waals surface area contributed by atoms with Gasteiger partial charge in [0.15, 0.2) is 23.0 Å². The average Bonchev–Trinajstić information content (AvgIpc) is 4.23. The van der Waals surface area contributed by atoms with Gasteiger partial charge in [-0.15, -0.1) is 34.0 Å². The van der Waals surface area contributed by atoms with Gasteiger partial charge in [-0.05, 0) is 77.4 Å². The van der Waals surface area contributed by atoms with E-state index in [2.05, 4.69) is 43.5 Å². The molecule has 0 atom stereocenters. The number of hydrogen-bond donors (Lipinski definition) is 0. The fourth-order valence-electron chi connectivity index (χ4n) is 7.39. The molecular weight excluding hydrogens is 1070 g/mol. The van der Waals surface area contributed by atoms with Crippen LogP contribution >= 0.6 is 34.0 Å². The van der Waals surface area contributed by atoms with E-state index in [0.717, 1.165) is 55.3 Å². The van der Waals surface area contributed by atoms with Gasteiger partial charge in [-0.2, -0.15) is 13.2 Å². The molecule has 8 aromatic heterocycles. The Morgan fingerprint density at radius 3 is 1.99 bits per heavy atom. The Bertz CT molecular complexity index is 3120. The average molecular weight is 1110 g/mol. The van der Waals surface area contributed by atoms with E-state index >= 15 is 0 Å². The molecule has 71 heavy (non-hydrogen) atoms. The first-order valence-corrected chi connectivity index (χ1v) is 24.1. The number of halogens is 3. The maximum absolute atomic E-state index is 12.7. The van der Waals surface area contributed by atoms with E-state index in [4.69, 9.17) is 45.2 Å². The Morgan fingerprint density at radius 1 is 0.690 bits per heavy atom. The number of nitrogens with zero attached hydrogens (tertiary/aromatic N) is 7. The summed E-state index contributed by atoms with van der Waals surface area (Å²) >= 11 is 4.71. The van der Waals surface area contributed by atoms with Crippen LogP contribution in [0.4, 0.5) is 13.2 Å². The smallest absolute Gasteiger partial charge is 0.573 e. The molecule has 0 radical (unpaired) electrons. The Kier molecular flexibility index (Phi) is 17.6. The molecule has 0 bridgehead atoms. The number of aromatic nitrogens is 6. The van der Waals surface area contributed by atoms with Crippen LogP contribution in [-0.4, -0.2) is 64.4 Å². The van der Waals surface area contributed by atoms with Crippen molar-refractivity contribution in [3.05, 3.63) is 108 Å². The van der Waals surface area contributed by atoms with Gasteiger partial charge in [0.05, 0.1) is 43.1 Å². The van der Waals surface area contributed by atoms with E-state index in [0.29, 0.717) is 90.8 Å². The summed E-state index contributed by atoms with van der Waals surface area (Å²) in [7, 11) is 0.